The van der Waals surface area contributed by atoms with E-state index in [4.69, 9.17) is 11.6 Å². The van der Waals surface area contributed by atoms with Crippen LogP contribution in [0.3, 0.4) is 0 Å². The van der Waals surface area contributed by atoms with Crippen molar-refractivity contribution in [3.8, 4) is 0 Å². The minimum Gasteiger partial charge on any atom is -0.345 e. The molecule has 1 aromatic heterocycles. The maximum absolute atomic E-state index is 13.0. The van der Waals surface area contributed by atoms with Crippen molar-refractivity contribution in [3.05, 3.63) is 95.3 Å². The number of halogens is 1. The molecule has 156 valence electrons. The Hall–Kier alpha value is -3.64. The second kappa shape index (κ2) is 9.02. The van der Waals surface area contributed by atoms with Gasteiger partial charge < -0.3 is 14.8 Å². The Bertz CT molecular complexity index is 1220. The first kappa shape index (κ1) is 20.6. The van der Waals surface area contributed by atoms with Crippen molar-refractivity contribution < 1.29 is 9.59 Å². The lowest BCUT2D eigenvalue weighted by molar-refractivity contribution is -0.118. The van der Waals surface area contributed by atoms with Crippen LogP contribution in [0.25, 0.3) is 11.0 Å². The van der Waals surface area contributed by atoms with Gasteiger partial charge in [-0.05, 0) is 48.5 Å². The fourth-order valence-corrected chi connectivity index (χ4v) is 3.46. The number of fused-ring (bicyclic) bond motifs is 1. The number of nitrogens with one attached hydrogen (secondary N) is 1. The first-order valence-electron chi connectivity index (χ1n) is 9.82. The number of aromatic nitrogens is 2. The highest BCUT2D eigenvalue weighted by molar-refractivity contribution is 6.30. The summed E-state index contributed by atoms with van der Waals surface area (Å²) in [6, 6.07) is 23.7. The van der Waals surface area contributed by atoms with Crippen molar-refractivity contribution in [2.75, 3.05) is 11.9 Å². The van der Waals surface area contributed by atoms with Gasteiger partial charge >= 0.3 is 0 Å². The summed E-state index contributed by atoms with van der Waals surface area (Å²) in [6.45, 7) is 0.302. The van der Waals surface area contributed by atoms with Crippen LogP contribution in [0.1, 0.15) is 16.2 Å². The van der Waals surface area contributed by atoms with Crippen molar-refractivity contribution in [3.63, 3.8) is 0 Å². The maximum Gasteiger partial charge on any atom is 0.251 e. The van der Waals surface area contributed by atoms with Gasteiger partial charge in [0, 0.05) is 23.3 Å². The van der Waals surface area contributed by atoms with Gasteiger partial charge in [0.05, 0.1) is 17.6 Å². The third kappa shape index (κ3) is 4.59. The van der Waals surface area contributed by atoms with Gasteiger partial charge in [-0.15, -0.1) is 0 Å². The molecule has 0 bridgehead atoms. The highest BCUT2D eigenvalue weighted by Crippen LogP contribution is 2.18. The SMILES string of the molecule is CN(C(=O)Cn1c(CNC(=O)c2ccc(Cl)cc2)nc2ccccc21)c1ccccc1. The predicted molar refractivity (Wildman–Crippen MR) is 122 cm³/mol. The Morgan fingerprint density at radius 1 is 0.968 bits per heavy atom. The van der Waals surface area contributed by atoms with Gasteiger partial charge in [0.2, 0.25) is 5.91 Å². The number of imidazole rings is 1. The van der Waals surface area contributed by atoms with Gasteiger partial charge in [-0.2, -0.15) is 0 Å². The van der Waals surface area contributed by atoms with E-state index >= 15 is 0 Å². The highest BCUT2D eigenvalue weighted by atomic mass is 35.5. The number of rotatable bonds is 6. The smallest absolute Gasteiger partial charge is 0.251 e. The van der Waals surface area contributed by atoms with Gasteiger partial charge in [0.15, 0.2) is 0 Å². The number of hydrogen-bond acceptors (Lipinski definition) is 3. The molecule has 2 amide bonds. The summed E-state index contributed by atoms with van der Waals surface area (Å²) in [5.41, 5.74) is 2.93. The summed E-state index contributed by atoms with van der Waals surface area (Å²) >= 11 is 5.89. The van der Waals surface area contributed by atoms with Crippen molar-refractivity contribution in [1.82, 2.24) is 14.9 Å². The molecule has 0 atom stereocenters. The van der Waals surface area contributed by atoms with Crippen LogP contribution in [-0.2, 0) is 17.9 Å². The van der Waals surface area contributed by atoms with Crippen LogP contribution in [0.15, 0.2) is 78.9 Å². The van der Waals surface area contributed by atoms with Crippen LogP contribution in [-0.4, -0.2) is 28.4 Å². The molecule has 0 saturated carbocycles. The molecule has 31 heavy (non-hydrogen) atoms. The Morgan fingerprint density at radius 3 is 2.39 bits per heavy atom. The molecular formula is C24H21ClN4O2. The molecule has 1 N–H and O–H groups in total. The van der Waals surface area contributed by atoms with E-state index in [9.17, 15) is 9.59 Å². The molecule has 6 nitrogen and oxygen atoms in total. The summed E-state index contributed by atoms with van der Waals surface area (Å²) in [4.78, 5) is 31.7. The van der Waals surface area contributed by atoms with Crippen LogP contribution < -0.4 is 10.2 Å². The molecule has 0 aliphatic carbocycles. The zero-order valence-corrected chi connectivity index (χ0v) is 17.7. The second-order valence-corrected chi connectivity index (χ2v) is 7.52. The molecule has 0 spiro atoms. The number of likely N-dealkylation sites (N-methyl/N-ethyl adjacent to an activating group) is 1. The lowest BCUT2D eigenvalue weighted by Gasteiger charge is -2.19. The van der Waals surface area contributed by atoms with E-state index in [2.05, 4.69) is 10.3 Å². The molecule has 7 heteroatoms. The average Bonchev–Trinajstić information content (AvgIpc) is 3.15. The molecule has 0 saturated heterocycles. The van der Waals surface area contributed by atoms with Gasteiger partial charge in [-0.1, -0.05) is 41.9 Å². The number of amides is 2. The monoisotopic (exact) mass is 432 g/mol. The van der Waals surface area contributed by atoms with E-state index in [-0.39, 0.29) is 24.9 Å². The summed E-state index contributed by atoms with van der Waals surface area (Å²) in [5, 5.41) is 3.45. The molecule has 0 radical (unpaired) electrons. The molecule has 4 aromatic rings. The Balaban J connectivity index is 1.56. The van der Waals surface area contributed by atoms with Gasteiger partial charge in [-0.25, -0.2) is 4.98 Å². The molecule has 0 unspecified atom stereocenters. The van der Waals surface area contributed by atoms with Crippen LogP contribution in [0.5, 0.6) is 0 Å². The van der Waals surface area contributed by atoms with Crippen LogP contribution in [0, 0.1) is 0 Å². The standard InChI is InChI=1S/C24H21ClN4O2/c1-28(19-7-3-2-4-8-19)23(30)16-29-21-10-6-5-9-20(21)27-22(29)15-26-24(31)17-11-13-18(25)14-12-17/h2-14H,15-16H2,1H3,(H,26,31). The normalized spacial score (nSPS) is 10.8. The summed E-state index contributed by atoms with van der Waals surface area (Å²) in [6.07, 6.45) is 0. The molecule has 0 aliphatic rings. The number of nitrogens with zero attached hydrogens (tertiary/aromatic N) is 3. The molecule has 0 fully saturated rings. The fraction of sp³-hybridized carbons (Fsp3) is 0.125. The van der Waals surface area contributed by atoms with Crippen LogP contribution in [0.2, 0.25) is 5.02 Å². The van der Waals surface area contributed by atoms with E-state index in [0.717, 1.165) is 16.7 Å². The first-order valence-corrected chi connectivity index (χ1v) is 10.2. The van der Waals surface area contributed by atoms with Gasteiger partial charge in [0.25, 0.3) is 5.91 Å². The second-order valence-electron chi connectivity index (χ2n) is 7.08. The predicted octanol–water partition coefficient (Wildman–Crippen LogP) is 4.28. The maximum atomic E-state index is 13.0. The minimum atomic E-state index is -0.233. The summed E-state index contributed by atoms with van der Waals surface area (Å²) in [7, 11) is 1.75. The summed E-state index contributed by atoms with van der Waals surface area (Å²) in [5.74, 6) is 0.293. The molecular weight excluding hydrogens is 412 g/mol. The molecule has 4 rings (SSSR count). The average molecular weight is 433 g/mol. The Kier molecular flexibility index (Phi) is 6.00. The van der Waals surface area contributed by atoms with Crippen LogP contribution >= 0.6 is 11.6 Å². The fourth-order valence-electron chi connectivity index (χ4n) is 3.34. The zero-order valence-electron chi connectivity index (χ0n) is 17.0. The quantitative estimate of drug-likeness (QED) is 0.494. The van der Waals surface area contributed by atoms with Crippen LogP contribution in [0.4, 0.5) is 5.69 Å². The lowest BCUT2D eigenvalue weighted by Crippen LogP contribution is -2.31. The van der Waals surface area contributed by atoms with E-state index in [1.54, 1.807) is 36.2 Å². The topological polar surface area (TPSA) is 67.2 Å². The van der Waals surface area contributed by atoms with E-state index in [1.807, 2.05) is 59.2 Å². The largest absolute Gasteiger partial charge is 0.345 e. The Labute approximate surface area is 185 Å². The van der Waals surface area contributed by atoms with Crippen molar-refractivity contribution >= 4 is 40.1 Å². The van der Waals surface area contributed by atoms with E-state index < -0.39 is 0 Å². The highest BCUT2D eigenvalue weighted by Gasteiger charge is 2.17. The van der Waals surface area contributed by atoms with Gasteiger partial charge in [-0.3, -0.25) is 9.59 Å². The van der Waals surface area contributed by atoms with Crippen molar-refractivity contribution in [2.24, 2.45) is 0 Å². The van der Waals surface area contributed by atoms with Crippen molar-refractivity contribution in [2.45, 2.75) is 13.1 Å². The zero-order chi connectivity index (χ0) is 21.8. The molecule has 3 aromatic carbocycles. The van der Waals surface area contributed by atoms with E-state index in [0.29, 0.717) is 16.4 Å². The summed E-state index contributed by atoms with van der Waals surface area (Å²) < 4.78 is 1.85. The molecule has 1 heterocycles. The first-order chi connectivity index (χ1) is 15.0. The van der Waals surface area contributed by atoms with Crippen molar-refractivity contribution in [1.29, 1.82) is 0 Å². The molecule has 0 aliphatic heterocycles. The lowest BCUT2D eigenvalue weighted by atomic mass is 10.2. The number of carbonyl (C=O) groups excluding carboxylic acids is 2. The number of carbonyl (C=O) groups is 2. The number of para-hydroxylation sites is 3. The number of benzene rings is 3. The number of hydrogen-bond donors (Lipinski definition) is 1. The third-order valence-corrected chi connectivity index (χ3v) is 5.31. The minimum absolute atomic E-state index is 0.0837. The Morgan fingerprint density at radius 2 is 1.65 bits per heavy atom. The van der Waals surface area contributed by atoms with E-state index in [1.165, 1.54) is 0 Å². The third-order valence-electron chi connectivity index (χ3n) is 5.06. The number of anilines is 1. The van der Waals surface area contributed by atoms with Gasteiger partial charge in [0.1, 0.15) is 12.4 Å².